The minimum atomic E-state index is -1.13. The van der Waals surface area contributed by atoms with Crippen LogP contribution in [0.1, 0.15) is 45.1 Å². The number of thioether (sulfide) groups is 1. The van der Waals surface area contributed by atoms with Gasteiger partial charge in [-0.3, -0.25) is 4.79 Å². The first-order valence-corrected chi connectivity index (χ1v) is 10.6. The Morgan fingerprint density at radius 1 is 1.18 bits per heavy atom. The standard InChI is InChI=1S/C20H30N2O5S/c1-3-4-8-12-21-18(23)15(2)28-13-11-17(19(24)25)22-20(26)27-14-16-9-6-5-7-10-16/h5-7,9-10,15,17H,3-4,8,11-14H2,1-2H3,(H,21,23)(H,22,26)(H,24,25). The van der Waals surface area contributed by atoms with E-state index in [1.54, 1.807) is 6.92 Å². The fourth-order valence-corrected chi connectivity index (χ4v) is 3.29. The molecule has 2 atom stereocenters. The van der Waals surface area contributed by atoms with Crippen molar-refractivity contribution in [1.29, 1.82) is 0 Å². The summed E-state index contributed by atoms with van der Waals surface area (Å²) >= 11 is 1.36. The number of carbonyl (C=O) groups excluding carboxylic acids is 2. The summed E-state index contributed by atoms with van der Waals surface area (Å²) < 4.78 is 5.05. The predicted molar refractivity (Wildman–Crippen MR) is 110 cm³/mol. The topological polar surface area (TPSA) is 105 Å². The van der Waals surface area contributed by atoms with Gasteiger partial charge in [0.2, 0.25) is 5.91 Å². The van der Waals surface area contributed by atoms with Gasteiger partial charge in [-0.15, -0.1) is 11.8 Å². The second-order valence-corrected chi connectivity index (χ2v) is 7.85. The number of unbranched alkanes of at least 4 members (excludes halogenated alkanes) is 2. The predicted octanol–water partition coefficient (Wildman–Crippen LogP) is 3.18. The molecule has 0 heterocycles. The summed E-state index contributed by atoms with van der Waals surface area (Å²) in [7, 11) is 0. The zero-order valence-corrected chi connectivity index (χ0v) is 17.3. The maximum atomic E-state index is 12.0. The molecule has 1 aromatic carbocycles. The van der Waals surface area contributed by atoms with Gasteiger partial charge >= 0.3 is 12.1 Å². The maximum Gasteiger partial charge on any atom is 0.408 e. The Hall–Kier alpha value is -2.22. The van der Waals surface area contributed by atoms with Gasteiger partial charge in [-0.05, 0) is 31.1 Å². The number of aliphatic carboxylic acids is 1. The Kier molecular flexibility index (Phi) is 11.8. The van der Waals surface area contributed by atoms with E-state index in [0.29, 0.717) is 12.3 Å². The molecule has 0 aliphatic heterocycles. The molecule has 0 radical (unpaired) electrons. The van der Waals surface area contributed by atoms with Crippen LogP contribution in [-0.2, 0) is 20.9 Å². The molecule has 8 heteroatoms. The summed E-state index contributed by atoms with van der Waals surface area (Å²) in [6.07, 6.45) is 2.55. The Morgan fingerprint density at radius 3 is 2.54 bits per heavy atom. The molecule has 0 aliphatic rings. The molecule has 1 rings (SSSR count). The molecule has 2 unspecified atom stereocenters. The normalized spacial score (nSPS) is 12.6. The third-order valence-corrected chi connectivity index (χ3v) is 5.21. The van der Waals surface area contributed by atoms with E-state index in [1.807, 2.05) is 30.3 Å². The van der Waals surface area contributed by atoms with Crippen LogP contribution in [0.15, 0.2) is 30.3 Å². The van der Waals surface area contributed by atoms with Crippen molar-refractivity contribution in [3.05, 3.63) is 35.9 Å². The number of alkyl carbamates (subject to hydrolysis) is 1. The van der Waals surface area contributed by atoms with Crippen molar-refractivity contribution in [2.24, 2.45) is 0 Å². The number of hydrogen-bond acceptors (Lipinski definition) is 5. The molecule has 7 nitrogen and oxygen atoms in total. The zero-order valence-electron chi connectivity index (χ0n) is 16.5. The average Bonchev–Trinajstić information content (AvgIpc) is 2.69. The molecule has 0 spiro atoms. The number of benzene rings is 1. The molecule has 28 heavy (non-hydrogen) atoms. The zero-order chi connectivity index (χ0) is 20.8. The molecule has 2 amide bonds. The summed E-state index contributed by atoms with van der Waals surface area (Å²) in [5.74, 6) is -0.753. The third kappa shape index (κ3) is 10.2. The van der Waals surface area contributed by atoms with Crippen LogP contribution in [0.2, 0.25) is 0 Å². The van der Waals surface area contributed by atoms with Gasteiger partial charge in [-0.1, -0.05) is 50.1 Å². The number of amides is 2. The molecule has 0 bridgehead atoms. The van der Waals surface area contributed by atoms with Gasteiger partial charge in [0.1, 0.15) is 12.6 Å². The minimum Gasteiger partial charge on any atom is -0.480 e. The van der Waals surface area contributed by atoms with Gasteiger partial charge in [-0.25, -0.2) is 9.59 Å². The quantitative estimate of drug-likeness (QED) is 0.432. The van der Waals surface area contributed by atoms with E-state index in [9.17, 15) is 19.5 Å². The fraction of sp³-hybridized carbons (Fsp3) is 0.550. The van der Waals surface area contributed by atoms with Gasteiger partial charge < -0.3 is 20.5 Å². The lowest BCUT2D eigenvalue weighted by molar-refractivity contribution is -0.139. The lowest BCUT2D eigenvalue weighted by Crippen LogP contribution is -2.41. The van der Waals surface area contributed by atoms with Crippen LogP contribution < -0.4 is 10.6 Å². The van der Waals surface area contributed by atoms with Crippen molar-refractivity contribution in [3.8, 4) is 0 Å². The first-order valence-electron chi connectivity index (χ1n) is 9.53. The smallest absolute Gasteiger partial charge is 0.408 e. The van der Waals surface area contributed by atoms with E-state index in [2.05, 4.69) is 17.6 Å². The van der Waals surface area contributed by atoms with Crippen LogP contribution in [0.4, 0.5) is 4.79 Å². The SMILES string of the molecule is CCCCCNC(=O)C(C)SCCC(NC(=O)OCc1ccccc1)C(=O)O. The highest BCUT2D eigenvalue weighted by molar-refractivity contribution is 8.00. The molecule has 1 aromatic rings. The summed E-state index contributed by atoms with van der Waals surface area (Å²) in [4.78, 5) is 35.2. The number of carboxylic acids is 1. The third-order valence-electron chi connectivity index (χ3n) is 4.03. The molecule has 0 aromatic heterocycles. The van der Waals surface area contributed by atoms with Gasteiger partial charge in [0, 0.05) is 6.54 Å². The summed E-state index contributed by atoms with van der Waals surface area (Å²) in [6, 6.07) is 8.08. The van der Waals surface area contributed by atoms with Crippen LogP contribution >= 0.6 is 11.8 Å². The van der Waals surface area contributed by atoms with Gasteiger partial charge in [0.25, 0.3) is 0 Å². The maximum absolute atomic E-state index is 12.0. The fourth-order valence-electron chi connectivity index (χ4n) is 2.33. The highest BCUT2D eigenvalue weighted by atomic mass is 32.2. The number of carbonyl (C=O) groups is 3. The Labute approximate surface area is 170 Å². The van der Waals surface area contributed by atoms with Crippen LogP contribution in [-0.4, -0.2) is 46.7 Å². The molecular weight excluding hydrogens is 380 g/mol. The van der Waals surface area contributed by atoms with Crippen molar-refractivity contribution in [2.75, 3.05) is 12.3 Å². The molecule has 156 valence electrons. The van der Waals surface area contributed by atoms with E-state index in [0.717, 1.165) is 24.8 Å². The highest BCUT2D eigenvalue weighted by Gasteiger charge is 2.22. The lowest BCUT2D eigenvalue weighted by Gasteiger charge is -2.16. The van der Waals surface area contributed by atoms with Crippen molar-refractivity contribution in [1.82, 2.24) is 10.6 Å². The summed E-state index contributed by atoms with van der Waals surface area (Å²) in [5, 5.41) is 14.3. The summed E-state index contributed by atoms with van der Waals surface area (Å²) in [6.45, 7) is 4.62. The Balaban J connectivity index is 2.30. The van der Waals surface area contributed by atoms with Crippen LogP contribution in [0.5, 0.6) is 0 Å². The van der Waals surface area contributed by atoms with Crippen molar-refractivity contribution >= 4 is 29.7 Å². The molecule has 0 fully saturated rings. The number of carboxylic acid groups (broad SMARTS) is 1. The van der Waals surface area contributed by atoms with E-state index in [-0.39, 0.29) is 24.2 Å². The second-order valence-electron chi connectivity index (χ2n) is 6.40. The molecule has 0 saturated heterocycles. The second kappa shape index (κ2) is 13.9. The van der Waals surface area contributed by atoms with Crippen LogP contribution in [0.25, 0.3) is 0 Å². The monoisotopic (exact) mass is 410 g/mol. The van der Waals surface area contributed by atoms with Crippen LogP contribution in [0.3, 0.4) is 0 Å². The van der Waals surface area contributed by atoms with E-state index in [1.165, 1.54) is 11.8 Å². The first-order chi connectivity index (χ1) is 13.4. The highest BCUT2D eigenvalue weighted by Crippen LogP contribution is 2.13. The molecule has 0 saturated carbocycles. The molecule has 0 aliphatic carbocycles. The van der Waals surface area contributed by atoms with Crippen molar-refractivity contribution in [3.63, 3.8) is 0 Å². The number of ether oxygens (including phenoxy) is 1. The molecular formula is C20H30N2O5S. The van der Waals surface area contributed by atoms with E-state index in [4.69, 9.17) is 4.74 Å². The van der Waals surface area contributed by atoms with Crippen molar-refractivity contribution < 1.29 is 24.2 Å². The Bertz CT molecular complexity index is 612. The summed E-state index contributed by atoms with van der Waals surface area (Å²) in [5.41, 5.74) is 0.818. The van der Waals surface area contributed by atoms with Gasteiger partial charge in [-0.2, -0.15) is 0 Å². The largest absolute Gasteiger partial charge is 0.480 e. The number of hydrogen-bond donors (Lipinski definition) is 3. The van der Waals surface area contributed by atoms with E-state index >= 15 is 0 Å². The van der Waals surface area contributed by atoms with Gasteiger partial charge in [0.05, 0.1) is 5.25 Å². The number of rotatable bonds is 13. The minimum absolute atomic E-state index is 0.0526. The first kappa shape index (κ1) is 23.8. The lowest BCUT2D eigenvalue weighted by atomic mass is 10.2. The van der Waals surface area contributed by atoms with E-state index < -0.39 is 18.1 Å². The molecule has 3 N–H and O–H groups in total. The average molecular weight is 411 g/mol. The number of nitrogens with one attached hydrogen (secondary N) is 2. The van der Waals surface area contributed by atoms with Gasteiger partial charge in [0.15, 0.2) is 0 Å². The van der Waals surface area contributed by atoms with Crippen LogP contribution in [0, 0.1) is 0 Å². The van der Waals surface area contributed by atoms with Crippen molar-refractivity contribution in [2.45, 2.75) is 57.4 Å². The Morgan fingerprint density at radius 2 is 1.89 bits per heavy atom.